The molecule has 1 fully saturated rings. The quantitative estimate of drug-likeness (QED) is 0.827. The molecule has 1 aromatic heterocycles. The minimum absolute atomic E-state index is 0.317. The zero-order chi connectivity index (χ0) is 12.5. The molecule has 1 saturated heterocycles. The topological polar surface area (TPSA) is 76.9 Å². The lowest BCUT2D eigenvalue weighted by atomic mass is 10.1. The van der Waals surface area contributed by atoms with E-state index in [2.05, 4.69) is 11.1 Å². The van der Waals surface area contributed by atoms with Crippen molar-refractivity contribution < 1.29 is 4.74 Å². The van der Waals surface area contributed by atoms with Gasteiger partial charge < -0.3 is 15.0 Å². The summed E-state index contributed by atoms with van der Waals surface area (Å²) in [6.07, 6.45) is 1.87. The van der Waals surface area contributed by atoms with Gasteiger partial charge in [-0.2, -0.15) is 5.26 Å². The molecule has 1 aliphatic rings. The summed E-state index contributed by atoms with van der Waals surface area (Å²) < 4.78 is 7.41. The number of hydrogen-bond donors (Lipinski definition) is 1. The summed E-state index contributed by atoms with van der Waals surface area (Å²) in [5.74, 6) is 0.486. The molecule has 1 aliphatic heterocycles. The average molecular weight is 242 g/mol. The normalized spacial score (nSPS) is 16.8. The van der Waals surface area contributed by atoms with Gasteiger partial charge in [0.25, 0.3) is 0 Å². The minimum atomic E-state index is 0.317. The molecule has 0 unspecified atom stereocenters. The van der Waals surface area contributed by atoms with Crippen molar-refractivity contribution in [1.82, 2.24) is 9.55 Å². The Kier molecular flexibility index (Phi) is 2.65. The van der Waals surface area contributed by atoms with Gasteiger partial charge in [0.15, 0.2) is 0 Å². The number of anilines is 1. The van der Waals surface area contributed by atoms with Gasteiger partial charge in [-0.3, -0.25) is 0 Å². The summed E-state index contributed by atoms with van der Waals surface area (Å²) >= 11 is 0. The zero-order valence-corrected chi connectivity index (χ0v) is 9.97. The fraction of sp³-hybridized carbons (Fsp3) is 0.385. The summed E-state index contributed by atoms with van der Waals surface area (Å²) in [6, 6.07) is 8.08. The number of aromatic nitrogens is 2. The van der Waals surface area contributed by atoms with Crippen molar-refractivity contribution in [2.45, 2.75) is 18.9 Å². The smallest absolute Gasteiger partial charge is 0.201 e. The fourth-order valence-electron chi connectivity index (χ4n) is 2.55. The molecule has 1 aromatic carbocycles. The molecule has 0 amide bonds. The lowest BCUT2D eigenvalue weighted by Crippen LogP contribution is -2.20. The Bertz CT molecular complexity index is 620. The van der Waals surface area contributed by atoms with E-state index in [1.54, 1.807) is 6.07 Å². The Hall–Kier alpha value is -2.06. The number of para-hydroxylation sites is 1. The predicted octanol–water partition coefficient (Wildman–Crippen LogP) is 1.84. The first-order valence-electron chi connectivity index (χ1n) is 6.05. The number of benzene rings is 1. The molecule has 0 saturated carbocycles. The summed E-state index contributed by atoms with van der Waals surface area (Å²) in [5, 5.41) is 9.09. The van der Waals surface area contributed by atoms with Crippen LogP contribution in [0.15, 0.2) is 18.2 Å². The van der Waals surface area contributed by atoms with Crippen LogP contribution in [0.2, 0.25) is 0 Å². The third kappa shape index (κ3) is 1.62. The van der Waals surface area contributed by atoms with E-state index in [9.17, 15) is 0 Å². The minimum Gasteiger partial charge on any atom is -0.381 e. The third-order valence-corrected chi connectivity index (χ3v) is 3.42. The molecular formula is C13H14N4O. The first kappa shape index (κ1) is 11.1. The van der Waals surface area contributed by atoms with Gasteiger partial charge in [0.2, 0.25) is 5.95 Å². The van der Waals surface area contributed by atoms with E-state index in [0.717, 1.165) is 31.6 Å². The number of rotatable bonds is 1. The van der Waals surface area contributed by atoms with Crippen LogP contribution in [0.1, 0.15) is 24.4 Å². The van der Waals surface area contributed by atoms with Crippen molar-refractivity contribution in [1.29, 1.82) is 5.26 Å². The second-order valence-electron chi connectivity index (χ2n) is 4.47. The van der Waals surface area contributed by atoms with Gasteiger partial charge in [0.05, 0.1) is 11.1 Å². The highest BCUT2D eigenvalue weighted by atomic mass is 16.5. The lowest BCUT2D eigenvalue weighted by molar-refractivity contribution is 0.0711. The number of nitrogens with two attached hydrogens (primary N) is 1. The number of nitrogens with zero attached hydrogens (tertiary/aromatic N) is 3. The SMILES string of the molecule is N#Cc1cccc2c1nc(N)n2C1CCOCC1. The van der Waals surface area contributed by atoms with E-state index in [0.29, 0.717) is 23.1 Å². The molecule has 2 heterocycles. The molecule has 2 N–H and O–H groups in total. The van der Waals surface area contributed by atoms with Gasteiger partial charge >= 0.3 is 0 Å². The van der Waals surface area contributed by atoms with Crippen LogP contribution in [0.3, 0.4) is 0 Å². The second-order valence-corrected chi connectivity index (χ2v) is 4.47. The van der Waals surface area contributed by atoms with Crippen molar-refractivity contribution >= 4 is 17.0 Å². The van der Waals surface area contributed by atoms with Gasteiger partial charge in [-0.25, -0.2) is 4.98 Å². The molecule has 0 spiro atoms. The molecule has 3 rings (SSSR count). The Morgan fingerprint density at radius 3 is 2.89 bits per heavy atom. The maximum atomic E-state index is 9.09. The zero-order valence-electron chi connectivity index (χ0n) is 9.97. The van der Waals surface area contributed by atoms with Crippen molar-refractivity contribution in [2.24, 2.45) is 0 Å². The van der Waals surface area contributed by atoms with Gasteiger partial charge in [0.1, 0.15) is 11.6 Å². The van der Waals surface area contributed by atoms with Crippen LogP contribution in [-0.4, -0.2) is 22.8 Å². The van der Waals surface area contributed by atoms with Crippen molar-refractivity contribution in [3.05, 3.63) is 23.8 Å². The molecule has 18 heavy (non-hydrogen) atoms. The molecule has 5 nitrogen and oxygen atoms in total. The van der Waals surface area contributed by atoms with E-state index in [4.69, 9.17) is 15.7 Å². The molecule has 0 radical (unpaired) electrons. The standard InChI is InChI=1S/C13H14N4O/c14-8-9-2-1-3-11-12(9)16-13(15)17(11)10-4-6-18-7-5-10/h1-3,10H,4-7H2,(H2,15,16). The fourth-order valence-corrected chi connectivity index (χ4v) is 2.55. The maximum Gasteiger partial charge on any atom is 0.201 e. The van der Waals surface area contributed by atoms with E-state index < -0.39 is 0 Å². The van der Waals surface area contributed by atoms with Crippen molar-refractivity contribution in [3.63, 3.8) is 0 Å². The third-order valence-electron chi connectivity index (χ3n) is 3.42. The largest absolute Gasteiger partial charge is 0.381 e. The van der Waals surface area contributed by atoms with Gasteiger partial charge in [0, 0.05) is 19.3 Å². The first-order valence-corrected chi connectivity index (χ1v) is 6.05. The monoisotopic (exact) mass is 242 g/mol. The van der Waals surface area contributed by atoms with Crippen LogP contribution >= 0.6 is 0 Å². The van der Waals surface area contributed by atoms with Gasteiger partial charge in [-0.1, -0.05) is 6.07 Å². The summed E-state index contributed by atoms with van der Waals surface area (Å²) in [6.45, 7) is 1.50. The van der Waals surface area contributed by atoms with Crippen LogP contribution in [0.25, 0.3) is 11.0 Å². The van der Waals surface area contributed by atoms with E-state index in [-0.39, 0.29) is 0 Å². The lowest BCUT2D eigenvalue weighted by Gasteiger charge is -2.24. The highest BCUT2D eigenvalue weighted by molar-refractivity contribution is 5.84. The highest BCUT2D eigenvalue weighted by Gasteiger charge is 2.21. The summed E-state index contributed by atoms with van der Waals surface area (Å²) in [4.78, 5) is 4.34. The number of nitrogen functional groups attached to an aromatic ring is 1. The molecule has 2 aromatic rings. The van der Waals surface area contributed by atoms with Crippen LogP contribution in [0.5, 0.6) is 0 Å². The number of imidazole rings is 1. The van der Waals surface area contributed by atoms with E-state index in [1.165, 1.54) is 0 Å². The second kappa shape index (κ2) is 4.31. The highest BCUT2D eigenvalue weighted by Crippen LogP contribution is 2.30. The molecule has 92 valence electrons. The first-order chi connectivity index (χ1) is 8.81. The number of nitriles is 1. The molecule has 0 bridgehead atoms. The number of fused-ring (bicyclic) bond motifs is 1. The van der Waals surface area contributed by atoms with Crippen LogP contribution in [-0.2, 0) is 4.74 Å². The Balaban J connectivity index is 2.17. The molecule has 5 heteroatoms. The Labute approximate surface area is 105 Å². The van der Waals surface area contributed by atoms with Crippen molar-refractivity contribution in [3.8, 4) is 6.07 Å². The van der Waals surface area contributed by atoms with Crippen LogP contribution in [0.4, 0.5) is 5.95 Å². The van der Waals surface area contributed by atoms with E-state index >= 15 is 0 Å². The van der Waals surface area contributed by atoms with Crippen molar-refractivity contribution in [2.75, 3.05) is 18.9 Å². The molecular weight excluding hydrogens is 228 g/mol. The Morgan fingerprint density at radius 2 is 2.17 bits per heavy atom. The van der Waals surface area contributed by atoms with E-state index in [1.807, 2.05) is 16.7 Å². The Morgan fingerprint density at radius 1 is 1.39 bits per heavy atom. The number of hydrogen-bond acceptors (Lipinski definition) is 4. The van der Waals surface area contributed by atoms with Crippen LogP contribution in [0, 0.1) is 11.3 Å². The van der Waals surface area contributed by atoms with Crippen LogP contribution < -0.4 is 5.73 Å². The van der Waals surface area contributed by atoms with Gasteiger partial charge in [-0.15, -0.1) is 0 Å². The average Bonchev–Trinajstić information content (AvgIpc) is 2.75. The summed E-state index contributed by atoms with van der Waals surface area (Å²) in [7, 11) is 0. The van der Waals surface area contributed by atoms with Gasteiger partial charge in [-0.05, 0) is 25.0 Å². The molecule has 0 atom stereocenters. The number of ether oxygens (including phenoxy) is 1. The summed E-state index contributed by atoms with van der Waals surface area (Å²) in [5.41, 5.74) is 8.22. The maximum absolute atomic E-state index is 9.09. The predicted molar refractivity (Wildman–Crippen MR) is 68.0 cm³/mol. The molecule has 0 aliphatic carbocycles.